The molecule has 0 radical (unpaired) electrons. The number of ketones is 1. The third kappa shape index (κ3) is 2.49. The molecule has 2 aromatic rings. The first kappa shape index (κ1) is 12.5. The van der Waals surface area contributed by atoms with Crippen LogP contribution in [0.4, 0.5) is 0 Å². The number of carbonyl (C=O) groups excluding carboxylic acids is 1. The molecule has 1 atom stereocenters. The Morgan fingerprint density at radius 2 is 2.00 bits per heavy atom. The molecule has 0 saturated carbocycles. The summed E-state index contributed by atoms with van der Waals surface area (Å²) in [5, 5.41) is 0.322. The molecule has 1 unspecified atom stereocenters. The van der Waals surface area contributed by atoms with Crippen LogP contribution in [0.1, 0.15) is 23.3 Å². The van der Waals surface area contributed by atoms with Crippen LogP contribution in [0.2, 0.25) is 5.02 Å². The van der Waals surface area contributed by atoms with Gasteiger partial charge < -0.3 is 0 Å². The van der Waals surface area contributed by atoms with Crippen LogP contribution in [0.5, 0.6) is 0 Å². The number of carbonyl (C=O) groups is 1. The maximum absolute atomic E-state index is 12.2. The van der Waals surface area contributed by atoms with Crippen molar-refractivity contribution in [2.45, 2.75) is 13.0 Å². The summed E-state index contributed by atoms with van der Waals surface area (Å²) in [6, 6.07) is 8.17. The van der Waals surface area contributed by atoms with Crippen LogP contribution in [0.25, 0.3) is 0 Å². The lowest BCUT2D eigenvalue weighted by molar-refractivity contribution is 0.0932. The van der Waals surface area contributed by atoms with Crippen molar-refractivity contribution in [3.05, 3.63) is 63.8 Å². The van der Waals surface area contributed by atoms with Crippen molar-refractivity contribution < 1.29 is 4.79 Å². The molecular formula is C13H11ClN2O2. The quantitative estimate of drug-likeness (QED) is 0.798. The molecule has 4 nitrogen and oxygen atoms in total. The van der Waals surface area contributed by atoms with E-state index in [0.717, 1.165) is 0 Å². The molecular weight excluding hydrogens is 252 g/mol. The molecule has 5 heteroatoms. The maximum Gasteiger partial charge on any atom is 0.348 e. The lowest BCUT2D eigenvalue weighted by Crippen LogP contribution is -2.29. The summed E-state index contributed by atoms with van der Waals surface area (Å²) in [6.07, 6.45) is 2.68. The van der Waals surface area contributed by atoms with Gasteiger partial charge in [0.05, 0.1) is 17.3 Å². The van der Waals surface area contributed by atoms with E-state index in [2.05, 4.69) is 4.98 Å². The lowest BCUT2D eigenvalue weighted by atomic mass is 10.1. The van der Waals surface area contributed by atoms with Crippen LogP contribution >= 0.6 is 11.6 Å². The summed E-state index contributed by atoms with van der Waals surface area (Å²) in [7, 11) is 0. The molecule has 0 bridgehead atoms. The number of hydrogen-bond donors (Lipinski definition) is 0. The summed E-state index contributed by atoms with van der Waals surface area (Å²) in [5.41, 5.74) is 0.0630. The third-order valence-corrected chi connectivity index (χ3v) is 2.83. The van der Waals surface area contributed by atoms with Crippen LogP contribution in [-0.2, 0) is 0 Å². The van der Waals surface area contributed by atoms with Gasteiger partial charge in [-0.3, -0.25) is 9.36 Å². The van der Waals surface area contributed by atoms with E-state index >= 15 is 0 Å². The minimum absolute atomic E-state index is 0.151. The predicted octanol–water partition coefficient (Wildman–Crippen LogP) is 2.34. The number of aromatic nitrogens is 2. The van der Waals surface area contributed by atoms with Gasteiger partial charge in [0.2, 0.25) is 0 Å². The van der Waals surface area contributed by atoms with Gasteiger partial charge in [-0.1, -0.05) is 41.9 Å². The molecule has 0 N–H and O–H groups in total. The van der Waals surface area contributed by atoms with E-state index < -0.39 is 11.7 Å². The summed E-state index contributed by atoms with van der Waals surface area (Å²) in [6.45, 7) is 1.65. The van der Waals surface area contributed by atoms with Gasteiger partial charge in [-0.05, 0) is 6.92 Å². The fraction of sp³-hybridized carbons (Fsp3) is 0.154. The molecule has 1 heterocycles. The second kappa shape index (κ2) is 5.14. The van der Waals surface area contributed by atoms with E-state index in [4.69, 9.17) is 11.6 Å². The summed E-state index contributed by atoms with van der Waals surface area (Å²) in [5.74, 6) is -0.151. The topological polar surface area (TPSA) is 52.0 Å². The van der Waals surface area contributed by atoms with Crippen LogP contribution in [-0.4, -0.2) is 15.3 Å². The van der Waals surface area contributed by atoms with Gasteiger partial charge in [0.15, 0.2) is 5.78 Å². The molecule has 0 fully saturated rings. The van der Waals surface area contributed by atoms with Crippen molar-refractivity contribution in [3.63, 3.8) is 0 Å². The molecule has 0 saturated heterocycles. The Morgan fingerprint density at radius 1 is 1.33 bits per heavy atom. The smallest absolute Gasteiger partial charge is 0.292 e. The second-order valence-corrected chi connectivity index (χ2v) is 4.30. The van der Waals surface area contributed by atoms with Gasteiger partial charge >= 0.3 is 5.69 Å². The molecule has 0 aliphatic rings. The number of Topliss-reactive ketones (excluding diaryl/α,β-unsaturated/α-hetero) is 1. The summed E-state index contributed by atoms with van der Waals surface area (Å²) in [4.78, 5) is 27.4. The van der Waals surface area contributed by atoms with Gasteiger partial charge in [0.25, 0.3) is 0 Å². The highest BCUT2D eigenvalue weighted by Crippen LogP contribution is 2.13. The van der Waals surface area contributed by atoms with Crippen molar-refractivity contribution >= 4 is 17.4 Å². The van der Waals surface area contributed by atoms with E-state index in [1.165, 1.54) is 17.0 Å². The highest BCUT2D eigenvalue weighted by Gasteiger charge is 2.18. The number of hydrogen-bond acceptors (Lipinski definition) is 3. The summed E-state index contributed by atoms with van der Waals surface area (Å²) < 4.78 is 1.23. The van der Waals surface area contributed by atoms with E-state index in [-0.39, 0.29) is 5.78 Å². The molecule has 18 heavy (non-hydrogen) atoms. The average molecular weight is 263 g/mol. The molecule has 1 aromatic heterocycles. The van der Waals surface area contributed by atoms with Crippen LogP contribution in [0.3, 0.4) is 0 Å². The Morgan fingerprint density at radius 3 is 2.67 bits per heavy atom. The molecule has 2 rings (SSSR count). The molecule has 0 spiro atoms. The van der Waals surface area contributed by atoms with Gasteiger partial charge in [-0.15, -0.1) is 0 Å². The number of benzene rings is 1. The molecule has 0 aliphatic carbocycles. The van der Waals surface area contributed by atoms with Gasteiger partial charge in [0, 0.05) is 11.8 Å². The van der Waals surface area contributed by atoms with Crippen LogP contribution in [0, 0.1) is 0 Å². The fourth-order valence-corrected chi connectivity index (χ4v) is 1.81. The first-order chi connectivity index (χ1) is 8.59. The van der Waals surface area contributed by atoms with Crippen LogP contribution < -0.4 is 5.69 Å². The predicted molar refractivity (Wildman–Crippen MR) is 69.0 cm³/mol. The van der Waals surface area contributed by atoms with Gasteiger partial charge in [0.1, 0.15) is 0 Å². The number of rotatable bonds is 3. The average Bonchev–Trinajstić information content (AvgIpc) is 2.41. The normalized spacial score (nSPS) is 12.1. The largest absolute Gasteiger partial charge is 0.348 e. The summed E-state index contributed by atoms with van der Waals surface area (Å²) >= 11 is 5.78. The monoisotopic (exact) mass is 262 g/mol. The number of nitrogens with zero attached hydrogens (tertiary/aromatic N) is 2. The Labute approximate surface area is 109 Å². The van der Waals surface area contributed by atoms with Gasteiger partial charge in [-0.2, -0.15) is 0 Å². The Kier molecular flexibility index (Phi) is 3.58. The van der Waals surface area contributed by atoms with Crippen molar-refractivity contribution in [1.82, 2.24) is 9.55 Å². The Bertz CT molecular complexity index is 622. The van der Waals surface area contributed by atoms with E-state index in [0.29, 0.717) is 10.6 Å². The SMILES string of the molecule is CC(C(=O)c1ccccc1)n1cc(Cl)cnc1=O. The highest BCUT2D eigenvalue weighted by atomic mass is 35.5. The van der Waals surface area contributed by atoms with Crippen molar-refractivity contribution in [2.75, 3.05) is 0 Å². The van der Waals surface area contributed by atoms with E-state index in [1.54, 1.807) is 31.2 Å². The first-order valence-electron chi connectivity index (χ1n) is 5.42. The lowest BCUT2D eigenvalue weighted by Gasteiger charge is -2.13. The zero-order chi connectivity index (χ0) is 13.1. The zero-order valence-electron chi connectivity index (χ0n) is 9.71. The van der Waals surface area contributed by atoms with E-state index in [9.17, 15) is 9.59 Å². The van der Waals surface area contributed by atoms with Crippen molar-refractivity contribution in [1.29, 1.82) is 0 Å². The number of halogens is 1. The molecule has 0 aliphatic heterocycles. The maximum atomic E-state index is 12.2. The highest BCUT2D eigenvalue weighted by molar-refractivity contribution is 6.30. The molecule has 0 amide bonds. The van der Waals surface area contributed by atoms with Crippen LogP contribution in [0.15, 0.2) is 47.5 Å². The zero-order valence-corrected chi connectivity index (χ0v) is 10.5. The van der Waals surface area contributed by atoms with Crippen molar-refractivity contribution in [2.24, 2.45) is 0 Å². The fourth-order valence-electron chi connectivity index (χ4n) is 1.65. The second-order valence-electron chi connectivity index (χ2n) is 3.87. The molecule has 92 valence electrons. The minimum atomic E-state index is -0.633. The van der Waals surface area contributed by atoms with E-state index in [1.807, 2.05) is 6.07 Å². The third-order valence-electron chi connectivity index (χ3n) is 2.64. The Balaban J connectivity index is 2.37. The molecule has 1 aromatic carbocycles. The Hall–Kier alpha value is -1.94. The standard InChI is InChI=1S/C13H11ClN2O2/c1-9(12(17)10-5-3-2-4-6-10)16-8-11(14)7-15-13(16)18/h2-9H,1H3. The van der Waals surface area contributed by atoms with Gasteiger partial charge in [-0.25, -0.2) is 9.78 Å². The first-order valence-corrected chi connectivity index (χ1v) is 5.80. The van der Waals surface area contributed by atoms with Crippen molar-refractivity contribution in [3.8, 4) is 0 Å². The minimum Gasteiger partial charge on any atom is -0.292 e.